The van der Waals surface area contributed by atoms with Crippen molar-refractivity contribution in [2.75, 3.05) is 37.0 Å². The Balaban J connectivity index is 1.46. The van der Waals surface area contributed by atoms with Crippen LogP contribution in [0.4, 0.5) is 16.5 Å². The fourth-order valence-corrected chi connectivity index (χ4v) is 4.17. The second-order valence-electron chi connectivity index (χ2n) is 7.23. The van der Waals surface area contributed by atoms with E-state index in [9.17, 15) is 0 Å². The van der Waals surface area contributed by atoms with Crippen LogP contribution in [-0.2, 0) is 4.74 Å². The van der Waals surface area contributed by atoms with Gasteiger partial charge in [-0.25, -0.2) is 9.67 Å². The molecule has 6 nitrogen and oxygen atoms in total. The van der Waals surface area contributed by atoms with E-state index < -0.39 is 0 Å². The van der Waals surface area contributed by atoms with Gasteiger partial charge < -0.3 is 15.0 Å². The van der Waals surface area contributed by atoms with Gasteiger partial charge in [-0.3, -0.25) is 0 Å². The van der Waals surface area contributed by atoms with Crippen molar-refractivity contribution in [1.29, 1.82) is 0 Å². The first kappa shape index (κ1) is 21.1. The molecular formula is C24H27N5OS. The van der Waals surface area contributed by atoms with Gasteiger partial charge in [0.1, 0.15) is 0 Å². The molecule has 0 radical (unpaired) electrons. The molecule has 0 aliphatic heterocycles. The molecule has 2 heterocycles. The molecule has 0 amide bonds. The van der Waals surface area contributed by atoms with E-state index in [0.717, 1.165) is 47.5 Å². The number of anilines is 3. The number of hydrogen-bond acceptors (Lipinski definition) is 6. The second-order valence-corrected chi connectivity index (χ2v) is 8.09. The van der Waals surface area contributed by atoms with Crippen molar-refractivity contribution < 1.29 is 4.74 Å². The molecule has 0 bridgehead atoms. The minimum absolute atomic E-state index is 0.720. The Kier molecular flexibility index (Phi) is 6.64. The van der Waals surface area contributed by atoms with Crippen LogP contribution in [0.25, 0.3) is 16.9 Å². The van der Waals surface area contributed by atoms with E-state index in [1.807, 2.05) is 16.9 Å². The van der Waals surface area contributed by atoms with Gasteiger partial charge in [-0.05, 0) is 55.8 Å². The number of aryl methyl sites for hydroxylation is 1. The van der Waals surface area contributed by atoms with Crippen molar-refractivity contribution >= 4 is 27.8 Å². The number of ether oxygens (including phenoxy) is 1. The number of hydrogen-bond donors (Lipinski definition) is 1. The lowest BCUT2D eigenvalue weighted by Gasteiger charge is -2.23. The van der Waals surface area contributed by atoms with E-state index in [4.69, 9.17) is 9.72 Å². The predicted molar refractivity (Wildman–Crippen MR) is 129 cm³/mol. The zero-order valence-electron chi connectivity index (χ0n) is 18.1. The summed E-state index contributed by atoms with van der Waals surface area (Å²) in [5.41, 5.74) is 6.55. The molecule has 0 aliphatic rings. The summed E-state index contributed by atoms with van der Waals surface area (Å²) in [5.74, 6) is 0. The van der Waals surface area contributed by atoms with E-state index in [1.165, 1.54) is 11.3 Å². The van der Waals surface area contributed by atoms with Gasteiger partial charge in [0.2, 0.25) is 0 Å². The predicted octanol–water partition coefficient (Wildman–Crippen LogP) is 5.52. The fourth-order valence-electron chi connectivity index (χ4n) is 3.44. The van der Waals surface area contributed by atoms with Crippen LogP contribution >= 0.6 is 11.3 Å². The minimum atomic E-state index is 0.720. The average Bonchev–Trinajstić information content (AvgIpc) is 3.49. The quantitative estimate of drug-likeness (QED) is 0.377. The Bertz CT molecular complexity index is 1110. The van der Waals surface area contributed by atoms with Gasteiger partial charge in [0.25, 0.3) is 0 Å². The number of thiazole rings is 1. The zero-order valence-corrected chi connectivity index (χ0v) is 18.9. The highest BCUT2D eigenvalue weighted by Gasteiger charge is 2.09. The lowest BCUT2D eigenvalue weighted by molar-refractivity contribution is 0.205. The average molecular weight is 434 g/mol. The van der Waals surface area contributed by atoms with Gasteiger partial charge in [0.05, 0.1) is 18.0 Å². The third kappa shape index (κ3) is 4.95. The summed E-state index contributed by atoms with van der Waals surface area (Å²) in [6, 6.07) is 16.7. The first-order chi connectivity index (χ1) is 15.2. The highest BCUT2D eigenvalue weighted by molar-refractivity contribution is 7.14. The molecular weight excluding hydrogens is 406 g/mol. The minimum Gasteiger partial charge on any atom is -0.383 e. The smallest absolute Gasteiger partial charge is 0.187 e. The summed E-state index contributed by atoms with van der Waals surface area (Å²) in [7, 11) is 1.74. The standard InChI is InChI=1S/C24H27N5OS/c1-4-28(14-15-30-3)21-10-11-22(18(2)16-21)26-24-27-23(17-31-24)19-6-8-20(9-7-19)29-13-5-12-25-29/h5-13,16-17H,4,14-15H2,1-3H3,(H,26,27). The lowest BCUT2D eigenvalue weighted by Crippen LogP contribution is -2.26. The highest BCUT2D eigenvalue weighted by Crippen LogP contribution is 2.30. The summed E-state index contributed by atoms with van der Waals surface area (Å²) in [5, 5.41) is 10.7. The molecule has 2 aromatic heterocycles. The van der Waals surface area contributed by atoms with E-state index in [2.05, 4.69) is 77.0 Å². The van der Waals surface area contributed by atoms with Gasteiger partial charge in [-0.1, -0.05) is 12.1 Å². The summed E-state index contributed by atoms with van der Waals surface area (Å²) >= 11 is 1.61. The topological polar surface area (TPSA) is 55.2 Å². The number of benzene rings is 2. The molecule has 1 N–H and O–H groups in total. The molecule has 31 heavy (non-hydrogen) atoms. The van der Waals surface area contributed by atoms with E-state index in [0.29, 0.717) is 0 Å². The maximum absolute atomic E-state index is 5.23. The highest BCUT2D eigenvalue weighted by atomic mass is 32.1. The van der Waals surface area contributed by atoms with Crippen molar-refractivity contribution in [1.82, 2.24) is 14.8 Å². The van der Waals surface area contributed by atoms with Crippen LogP contribution in [-0.4, -0.2) is 41.6 Å². The van der Waals surface area contributed by atoms with Crippen LogP contribution < -0.4 is 10.2 Å². The molecule has 0 atom stereocenters. The molecule has 0 saturated carbocycles. The van der Waals surface area contributed by atoms with Crippen molar-refractivity contribution in [3.63, 3.8) is 0 Å². The van der Waals surface area contributed by atoms with Crippen molar-refractivity contribution in [2.24, 2.45) is 0 Å². The maximum Gasteiger partial charge on any atom is 0.187 e. The van der Waals surface area contributed by atoms with Crippen molar-refractivity contribution in [3.05, 3.63) is 71.9 Å². The lowest BCUT2D eigenvalue weighted by atomic mass is 10.1. The van der Waals surface area contributed by atoms with Crippen molar-refractivity contribution in [2.45, 2.75) is 13.8 Å². The summed E-state index contributed by atoms with van der Waals surface area (Å²) in [4.78, 5) is 7.10. The molecule has 2 aromatic carbocycles. The van der Waals surface area contributed by atoms with Crippen LogP contribution in [0.1, 0.15) is 12.5 Å². The Morgan fingerprint density at radius 3 is 2.68 bits per heavy atom. The Labute approximate surface area is 187 Å². The van der Waals surface area contributed by atoms with Gasteiger partial charge in [0.15, 0.2) is 5.13 Å². The molecule has 0 fully saturated rings. The SMILES string of the molecule is CCN(CCOC)c1ccc(Nc2nc(-c3ccc(-n4cccn4)cc3)cs2)c(C)c1. The summed E-state index contributed by atoms with van der Waals surface area (Å²) in [6.07, 6.45) is 3.71. The number of nitrogens with zero attached hydrogens (tertiary/aromatic N) is 4. The first-order valence-electron chi connectivity index (χ1n) is 10.4. The van der Waals surface area contributed by atoms with Crippen LogP contribution in [0.3, 0.4) is 0 Å². The molecule has 4 aromatic rings. The third-order valence-electron chi connectivity index (χ3n) is 5.20. The van der Waals surface area contributed by atoms with Crippen LogP contribution in [0.5, 0.6) is 0 Å². The molecule has 0 spiro atoms. The monoisotopic (exact) mass is 433 g/mol. The fraction of sp³-hybridized carbons (Fsp3) is 0.250. The van der Waals surface area contributed by atoms with E-state index in [1.54, 1.807) is 24.6 Å². The Morgan fingerprint density at radius 1 is 1.16 bits per heavy atom. The van der Waals surface area contributed by atoms with Crippen molar-refractivity contribution in [3.8, 4) is 16.9 Å². The molecule has 0 saturated heterocycles. The summed E-state index contributed by atoms with van der Waals surface area (Å²) in [6.45, 7) is 6.84. The van der Waals surface area contributed by atoms with Crippen LogP contribution in [0.2, 0.25) is 0 Å². The zero-order chi connectivity index (χ0) is 21.6. The molecule has 0 aliphatic carbocycles. The molecule has 160 valence electrons. The van der Waals surface area contributed by atoms with Gasteiger partial charge in [-0.2, -0.15) is 5.10 Å². The normalized spacial score (nSPS) is 10.9. The van der Waals surface area contributed by atoms with Crippen LogP contribution in [0, 0.1) is 6.92 Å². The van der Waals surface area contributed by atoms with E-state index >= 15 is 0 Å². The van der Waals surface area contributed by atoms with Crippen LogP contribution in [0.15, 0.2) is 66.3 Å². The number of likely N-dealkylation sites (N-methyl/N-ethyl adjacent to an activating group) is 1. The number of nitrogens with one attached hydrogen (secondary N) is 1. The summed E-state index contributed by atoms with van der Waals surface area (Å²) < 4.78 is 7.07. The number of methoxy groups -OCH3 is 1. The maximum atomic E-state index is 5.23. The Morgan fingerprint density at radius 2 is 2.00 bits per heavy atom. The van der Waals surface area contributed by atoms with Gasteiger partial charge in [-0.15, -0.1) is 11.3 Å². The third-order valence-corrected chi connectivity index (χ3v) is 5.96. The molecule has 0 unspecified atom stereocenters. The molecule has 4 rings (SSSR count). The largest absolute Gasteiger partial charge is 0.383 e. The number of rotatable bonds is 9. The second kappa shape index (κ2) is 9.76. The first-order valence-corrected chi connectivity index (χ1v) is 11.2. The number of aromatic nitrogens is 3. The Hall–Kier alpha value is -3.16. The van der Waals surface area contributed by atoms with E-state index in [-0.39, 0.29) is 0 Å². The molecule has 7 heteroatoms. The van der Waals surface area contributed by atoms with Gasteiger partial charge in [0, 0.05) is 54.9 Å². The van der Waals surface area contributed by atoms with Gasteiger partial charge >= 0.3 is 0 Å².